The van der Waals surface area contributed by atoms with E-state index in [0.717, 1.165) is 38.1 Å². The summed E-state index contributed by atoms with van der Waals surface area (Å²) >= 11 is 4.08. The van der Waals surface area contributed by atoms with E-state index in [-0.39, 0.29) is 62.5 Å². The molecule has 14 N–H and O–H groups in total. The van der Waals surface area contributed by atoms with Crippen molar-refractivity contribution >= 4 is 96.6 Å². The molecule has 79 heavy (non-hydrogen) atoms. The number of carbonyl (C=O) groups excluding carboxylic acids is 7. The summed E-state index contributed by atoms with van der Waals surface area (Å²) in [6.45, 7) is 0.968. The summed E-state index contributed by atoms with van der Waals surface area (Å²) < 4.78 is 40.3. The van der Waals surface area contributed by atoms with Crippen molar-refractivity contribution in [3.8, 4) is 0 Å². The third-order valence-corrected chi connectivity index (χ3v) is 17.1. The average molecular weight is 1170 g/mol. The zero-order valence-corrected chi connectivity index (χ0v) is 46.7. The number of H-pyrrole nitrogens is 1. The number of unbranched alkanes of at least 4 members (excludes halogenated alkanes) is 1. The summed E-state index contributed by atoms with van der Waals surface area (Å²) in [7, 11) is -2.73. The maximum atomic E-state index is 14.9. The number of hydrogen-bond acceptors (Lipinski definition) is 17. The zero-order chi connectivity index (χ0) is 57.1. The second kappa shape index (κ2) is 30.7. The highest BCUT2D eigenvalue weighted by molar-refractivity contribution is 8.76. The molecule has 0 saturated carbocycles. The van der Waals surface area contributed by atoms with Gasteiger partial charge in [0.2, 0.25) is 41.4 Å². The highest BCUT2D eigenvalue weighted by Gasteiger charge is 2.39. The standard InChI is InChI=1S/C52H70N10O13S4/c1-30(63)40-27-75-52(71)44-51(70)61-42(49(68)60-40)29-78-77-28-41(55-26-34(22-31-12-4-2-5-13-31)56-50(69)43(19-21-76)79(72,73)74)48(67)58-38(23-32-14-6-3-7-15-32)46(65)59-39(24-33-25-54-36-17-9-8-16-35(33)36)47(66)57-37(45(64)62-44)18-10-11-20-53/h2-9,12-17,25,30,34,37-44,52,54-55,63,71,76H,10-11,18-24,26-29,53H2,1H3,(H,56,69)(H,57,66)(H,58,67)(H,59,65)(H,60,68)(H,61,70)(H,62,64)(H,72,73,74)/t30-,34+,37-,38?,39+,40-,41-,42?,43?,44+,52+/m0/s1. The van der Waals surface area contributed by atoms with Crippen LogP contribution in [0, 0.1) is 0 Å². The summed E-state index contributed by atoms with van der Waals surface area (Å²) in [4.78, 5) is 104. The lowest BCUT2D eigenvalue weighted by atomic mass is 10.0. The Morgan fingerprint density at radius 1 is 0.772 bits per heavy atom. The summed E-state index contributed by atoms with van der Waals surface area (Å²) in [5.41, 5.74) is 8.55. The van der Waals surface area contributed by atoms with Gasteiger partial charge in [0.15, 0.2) is 17.6 Å². The van der Waals surface area contributed by atoms with Crippen molar-refractivity contribution in [2.75, 3.05) is 37.0 Å². The molecule has 23 nitrogen and oxygen atoms in total. The summed E-state index contributed by atoms with van der Waals surface area (Å²) in [5.74, 6) is -6.33. The van der Waals surface area contributed by atoms with E-state index in [4.69, 9.17) is 10.5 Å². The monoisotopic (exact) mass is 1170 g/mol. The SMILES string of the molecule is C[C@H](O)[C@@H]1CO[C@@H](O)[C@@H]2NC(=O)[C@H](CCCCN)NC(=O)[C@@H](Cc3c[nH]c4ccccc34)NC(=O)C(Cc3ccccc3)NC(=O)[C@@H](NC[C@@H](Cc3ccccc3)NC(=O)C(CCS)S(=O)(=O)O)CSSCC(NC2=O)C(=O)N1. The quantitative estimate of drug-likeness (QED) is 0.0241. The fourth-order valence-corrected chi connectivity index (χ4v) is 12.4. The molecule has 3 unspecified atom stereocenters. The van der Waals surface area contributed by atoms with Gasteiger partial charge in [0, 0.05) is 54.0 Å². The van der Waals surface area contributed by atoms with E-state index in [1.54, 1.807) is 72.9 Å². The van der Waals surface area contributed by atoms with Crippen LogP contribution in [0.5, 0.6) is 0 Å². The number of rotatable bonds is 19. The van der Waals surface area contributed by atoms with Gasteiger partial charge in [0.1, 0.15) is 24.2 Å². The van der Waals surface area contributed by atoms with Crippen LogP contribution < -0.4 is 48.3 Å². The van der Waals surface area contributed by atoms with Crippen LogP contribution in [0.3, 0.4) is 0 Å². The summed E-state index contributed by atoms with van der Waals surface area (Å²) in [5, 5.41) is 43.0. The molecule has 6 rings (SSSR count). The molecule has 3 heterocycles. The van der Waals surface area contributed by atoms with Crippen molar-refractivity contribution in [1.29, 1.82) is 0 Å². The molecule has 2 aliphatic rings. The van der Waals surface area contributed by atoms with E-state index in [9.17, 15) is 56.7 Å². The lowest BCUT2D eigenvalue weighted by Crippen LogP contribution is -2.64. The fraction of sp³-hybridized carbons (Fsp3) is 0.481. The van der Waals surface area contributed by atoms with Crippen molar-refractivity contribution in [2.24, 2.45) is 5.73 Å². The van der Waals surface area contributed by atoms with Crippen LogP contribution in [0.4, 0.5) is 0 Å². The van der Waals surface area contributed by atoms with Crippen LogP contribution >= 0.6 is 34.2 Å². The van der Waals surface area contributed by atoms with Gasteiger partial charge in [-0.3, -0.25) is 38.1 Å². The van der Waals surface area contributed by atoms with Gasteiger partial charge >= 0.3 is 0 Å². The number of fused-ring (bicyclic) bond motifs is 4. The van der Waals surface area contributed by atoms with Gasteiger partial charge in [0.25, 0.3) is 10.1 Å². The van der Waals surface area contributed by atoms with Crippen molar-refractivity contribution in [2.45, 2.75) is 118 Å². The number of hydrogen-bond donors (Lipinski definition) is 14. The highest BCUT2D eigenvalue weighted by Crippen LogP contribution is 2.25. The number of nitrogens with two attached hydrogens (primary N) is 1. The molecule has 2 aliphatic heterocycles. The molecule has 430 valence electrons. The first kappa shape index (κ1) is 62.4. The average Bonchev–Trinajstić information content (AvgIpc) is 3.83. The number of aliphatic hydroxyl groups is 2. The fourth-order valence-electron chi connectivity index (χ4n) is 8.86. The van der Waals surface area contributed by atoms with E-state index in [2.05, 4.69) is 60.1 Å². The van der Waals surface area contributed by atoms with E-state index in [0.29, 0.717) is 24.0 Å². The highest BCUT2D eigenvalue weighted by atomic mass is 33.1. The molecular weight excluding hydrogens is 1100 g/mol. The molecule has 27 heteroatoms. The van der Waals surface area contributed by atoms with Crippen LogP contribution in [-0.4, -0.2) is 172 Å². The number of amides is 7. The van der Waals surface area contributed by atoms with E-state index >= 15 is 0 Å². The van der Waals surface area contributed by atoms with Gasteiger partial charge in [-0.25, -0.2) is 0 Å². The van der Waals surface area contributed by atoms with Crippen LogP contribution in [0.15, 0.2) is 91.1 Å². The van der Waals surface area contributed by atoms with Gasteiger partial charge in [0.05, 0.1) is 24.8 Å². The number of aromatic nitrogens is 1. The Hall–Kier alpha value is -5.75. The Kier molecular flexibility index (Phi) is 24.3. The normalized spacial score (nSPS) is 24.6. The number of carbonyl (C=O) groups is 7. The largest absolute Gasteiger partial charge is 0.391 e. The number of aromatic amines is 1. The molecule has 1 aromatic heterocycles. The maximum absolute atomic E-state index is 14.9. The summed E-state index contributed by atoms with van der Waals surface area (Å²) in [6.07, 6.45) is -1.16. The molecule has 11 atom stereocenters. The minimum Gasteiger partial charge on any atom is -0.391 e. The summed E-state index contributed by atoms with van der Waals surface area (Å²) in [6, 6.07) is 14.4. The lowest BCUT2D eigenvalue weighted by molar-refractivity contribution is -0.160. The first-order chi connectivity index (χ1) is 37.8. The van der Waals surface area contributed by atoms with Crippen molar-refractivity contribution in [3.63, 3.8) is 0 Å². The van der Waals surface area contributed by atoms with Crippen LogP contribution in [-0.2, 0) is 67.7 Å². The molecule has 0 radical (unpaired) electrons. The molecule has 4 aromatic rings. The molecule has 0 spiro atoms. The molecular formula is C52H70N10O13S4. The van der Waals surface area contributed by atoms with E-state index < -0.39 is 124 Å². The van der Waals surface area contributed by atoms with Gasteiger partial charge in [-0.15, -0.1) is 0 Å². The van der Waals surface area contributed by atoms with E-state index in [1.165, 1.54) is 6.92 Å². The molecule has 2 saturated heterocycles. The number of thiol groups is 1. The Morgan fingerprint density at radius 3 is 2.06 bits per heavy atom. The Bertz CT molecular complexity index is 2800. The lowest BCUT2D eigenvalue weighted by Gasteiger charge is -2.32. The number of para-hydroxylation sites is 1. The predicted octanol–water partition coefficient (Wildman–Crippen LogP) is -0.623. The van der Waals surface area contributed by atoms with Crippen LogP contribution in [0.1, 0.15) is 49.3 Å². The molecule has 2 fully saturated rings. The zero-order valence-electron chi connectivity index (χ0n) is 43.4. The molecule has 7 amide bonds. The predicted molar refractivity (Wildman–Crippen MR) is 303 cm³/mol. The smallest absolute Gasteiger partial charge is 0.276 e. The first-order valence-electron chi connectivity index (χ1n) is 25.8. The first-order valence-corrected chi connectivity index (χ1v) is 30.5. The van der Waals surface area contributed by atoms with Crippen LogP contribution in [0.25, 0.3) is 10.9 Å². The minimum absolute atomic E-state index is 0.00937. The molecule has 3 aromatic carbocycles. The number of benzene rings is 3. The maximum Gasteiger partial charge on any atom is 0.276 e. The van der Waals surface area contributed by atoms with E-state index in [1.807, 2.05) is 18.2 Å². The third-order valence-electron chi connectivity index (χ3n) is 13.3. The number of ether oxygens (including phenoxy) is 1. The van der Waals surface area contributed by atoms with Gasteiger partial charge in [-0.05, 0) is 74.1 Å². The van der Waals surface area contributed by atoms with Crippen LogP contribution in [0.2, 0.25) is 0 Å². The number of nitrogens with one attached hydrogen (secondary N) is 9. The van der Waals surface area contributed by atoms with Gasteiger partial charge < -0.3 is 68.2 Å². The van der Waals surface area contributed by atoms with Crippen molar-refractivity contribution in [1.82, 2.24) is 47.5 Å². The third kappa shape index (κ3) is 18.9. The van der Waals surface area contributed by atoms with Crippen molar-refractivity contribution in [3.05, 3.63) is 108 Å². The number of aliphatic hydroxyl groups excluding tert-OH is 2. The second-order valence-corrected chi connectivity index (χ2v) is 23.9. The topological polar surface area (TPSA) is 362 Å². The Morgan fingerprint density at radius 2 is 1.39 bits per heavy atom. The Labute approximate surface area is 471 Å². The van der Waals surface area contributed by atoms with Crippen molar-refractivity contribution < 1.29 is 61.5 Å². The molecule has 2 bridgehead atoms. The Balaban J connectivity index is 1.41. The minimum atomic E-state index is -4.86. The van der Waals surface area contributed by atoms with Gasteiger partial charge in [-0.1, -0.05) is 100 Å². The van der Waals surface area contributed by atoms with Gasteiger partial charge in [-0.2, -0.15) is 21.0 Å². The second-order valence-electron chi connectivity index (χ2n) is 19.3. The molecule has 0 aliphatic carbocycles.